The molecule has 0 saturated carbocycles. The van der Waals surface area contributed by atoms with Crippen molar-refractivity contribution in [1.82, 2.24) is 4.98 Å². The minimum absolute atomic E-state index is 0.0446. The third-order valence-electron chi connectivity index (χ3n) is 2.24. The summed E-state index contributed by atoms with van der Waals surface area (Å²) >= 11 is 20.7. The van der Waals surface area contributed by atoms with Crippen LogP contribution in [0.5, 0.6) is 0 Å². The Hall–Kier alpha value is -0.810. The maximum atomic E-state index is 12.1. The van der Waals surface area contributed by atoms with Gasteiger partial charge in [0.25, 0.3) is 5.91 Å². The SMILES string of the molecule is O=C(Nc1cc(Cl)ccc1Br)c1ccc(Cl)nc1Cl. The van der Waals surface area contributed by atoms with E-state index in [2.05, 4.69) is 26.2 Å². The highest BCUT2D eigenvalue weighted by Gasteiger charge is 2.13. The van der Waals surface area contributed by atoms with Crippen molar-refractivity contribution < 1.29 is 4.79 Å². The highest BCUT2D eigenvalue weighted by molar-refractivity contribution is 9.10. The maximum absolute atomic E-state index is 12.1. The quantitative estimate of drug-likeness (QED) is 0.740. The van der Waals surface area contributed by atoms with Gasteiger partial charge in [-0.25, -0.2) is 4.98 Å². The van der Waals surface area contributed by atoms with Gasteiger partial charge in [0.15, 0.2) is 0 Å². The van der Waals surface area contributed by atoms with E-state index in [1.807, 2.05) is 0 Å². The molecule has 2 rings (SSSR count). The Bertz CT molecular complexity index is 649. The molecular weight excluding hydrogens is 374 g/mol. The van der Waals surface area contributed by atoms with Crippen molar-refractivity contribution in [3.63, 3.8) is 0 Å². The molecule has 1 N–H and O–H groups in total. The van der Waals surface area contributed by atoms with Crippen LogP contribution in [0.2, 0.25) is 15.3 Å². The predicted octanol–water partition coefficient (Wildman–Crippen LogP) is 5.06. The number of hydrogen-bond donors (Lipinski definition) is 1. The molecule has 0 atom stereocenters. The molecular formula is C12H6BrCl3N2O. The fourth-order valence-corrected chi connectivity index (χ4v) is 2.31. The number of nitrogens with zero attached hydrogens (tertiary/aromatic N) is 1. The first-order valence-corrected chi connectivity index (χ1v) is 6.98. The second-order valence-corrected chi connectivity index (χ2v) is 5.59. The molecule has 3 nitrogen and oxygen atoms in total. The zero-order valence-electron chi connectivity index (χ0n) is 9.25. The van der Waals surface area contributed by atoms with Gasteiger partial charge in [-0.1, -0.05) is 34.8 Å². The van der Waals surface area contributed by atoms with E-state index in [-0.39, 0.29) is 15.9 Å². The van der Waals surface area contributed by atoms with E-state index in [0.29, 0.717) is 15.2 Å². The normalized spacial score (nSPS) is 10.3. The van der Waals surface area contributed by atoms with E-state index >= 15 is 0 Å². The Morgan fingerprint density at radius 3 is 2.58 bits per heavy atom. The van der Waals surface area contributed by atoms with Crippen molar-refractivity contribution in [3.05, 3.63) is 55.7 Å². The van der Waals surface area contributed by atoms with Crippen LogP contribution in [0.25, 0.3) is 0 Å². The summed E-state index contributed by atoms with van der Waals surface area (Å²) in [5.41, 5.74) is 0.779. The van der Waals surface area contributed by atoms with E-state index in [9.17, 15) is 4.79 Å². The summed E-state index contributed by atoms with van der Waals surface area (Å²) in [6.07, 6.45) is 0. The Kier molecular flexibility index (Phi) is 4.68. The molecule has 7 heteroatoms. The first-order chi connectivity index (χ1) is 8.97. The molecule has 1 aromatic heterocycles. The van der Waals surface area contributed by atoms with Gasteiger partial charge in [0.1, 0.15) is 10.3 Å². The summed E-state index contributed by atoms with van der Waals surface area (Å²) in [6.45, 7) is 0. The van der Waals surface area contributed by atoms with Gasteiger partial charge in [-0.3, -0.25) is 4.79 Å². The van der Waals surface area contributed by atoms with Gasteiger partial charge in [0, 0.05) is 9.50 Å². The summed E-state index contributed by atoms with van der Waals surface area (Å²) in [6, 6.07) is 8.07. The van der Waals surface area contributed by atoms with Crippen LogP contribution in [0.3, 0.4) is 0 Å². The maximum Gasteiger partial charge on any atom is 0.258 e. The number of hydrogen-bond acceptors (Lipinski definition) is 2. The van der Waals surface area contributed by atoms with Crippen LogP contribution in [0, 0.1) is 0 Å². The second-order valence-electron chi connectivity index (χ2n) is 3.55. The molecule has 0 saturated heterocycles. The minimum Gasteiger partial charge on any atom is -0.321 e. The average Bonchev–Trinajstić information content (AvgIpc) is 2.33. The number of nitrogens with one attached hydrogen (secondary N) is 1. The number of rotatable bonds is 2. The number of pyridine rings is 1. The minimum atomic E-state index is -0.392. The van der Waals surface area contributed by atoms with Gasteiger partial charge in [0.05, 0.1) is 11.3 Å². The average molecular weight is 380 g/mol. The van der Waals surface area contributed by atoms with Crippen molar-refractivity contribution >= 4 is 62.3 Å². The smallest absolute Gasteiger partial charge is 0.258 e. The van der Waals surface area contributed by atoms with Crippen LogP contribution in [-0.2, 0) is 0 Å². The van der Waals surface area contributed by atoms with E-state index in [1.54, 1.807) is 18.2 Å². The number of halogens is 4. The number of amides is 1. The zero-order chi connectivity index (χ0) is 14.0. The first kappa shape index (κ1) is 14.6. The molecule has 0 aliphatic heterocycles. The van der Waals surface area contributed by atoms with Gasteiger partial charge in [-0.15, -0.1) is 0 Å². The molecule has 19 heavy (non-hydrogen) atoms. The van der Waals surface area contributed by atoms with Crippen molar-refractivity contribution in [3.8, 4) is 0 Å². The Labute approximate surface area is 133 Å². The standard InChI is InChI=1S/C12H6BrCl3N2O/c13-8-3-1-6(14)5-9(8)17-12(19)7-2-4-10(15)18-11(7)16/h1-5H,(H,17,19). The van der Waals surface area contributed by atoms with Crippen LogP contribution < -0.4 is 5.32 Å². The van der Waals surface area contributed by atoms with E-state index in [0.717, 1.165) is 0 Å². The van der Waals surface area contributed by atoms with Crippen molar-refractivity contribution in [2.24, 2.45) is 0 Å². The molecule has 1 amide bonds. The van der Waals surface area contributed by atoms with Crippen LogP contribution in [-0.4, -0.2) is 10.9 Å². The summed E-state index contributed by atoms with van der Waals surface area (Å²) in [4.78, 5) is 15.9. The van der Waals surface area contributed by atoms with Crippen LogP contribution >= 0.6 is 50.7 Å². The fraction of sp³-hybridized carbons (Fsp3) is 0. The van der Waals surface area contributed by atoms with Crippen molar-refractivity contribution in [2.75, 3.05) is 5.32 Å². The lowest BCUT2D eigenvalue weighted by molar-refractivity contribution is 0.102. The zero-order valence-corrected chi connectivity index (χ0v) is 13.1. The topological polar surface area (TPSA) is 42.0 Å². The monoisotopic (exact) mass is 378 g/mol. The Morgan fingerprint density at radius 2 is 1.89 bits per heavy atom. The number of benzene rings is 1. The van der Waals surface area contributed by atoms with Gasteiger partial charge in [-0.05, 0) is 46.3 Å². The van der Waals surface area contributed by atoms with Gasteiger partial charge >= 0.3 is 0 Å². The number of aromatic nitrogens is 1. The van der Waals surface area contributed by atoms with E-state index in [1.165, 1.54) is 12.1 Å². The summed E-state index contributed by atoms with van der Waals surface area (Å²) in [5.74, 6) is -0.392. The summed E-state index contributed by atoms with van der Waals surface area (Å²) < 4.78 is 0.711. The molecule has 0 bridgehead atoms. The highest BCUT2D eigenvalue weighted by Crippen LogP contribution is 2.27. The second kappa shape index (κ2) is 6.09. The van der Waals surface area contributed by atoms with Crippen molar-refractivity contribution in [2.45, 2.75) is 0 Å². The number of carbonyl (C=O) groups is 1. The molecule has 1 aromatic carbocycles. The van der Waals surface area contributed by atoms with E-state index < -0.39 is 5.91 Å². The lowest BCUT2D eigenvalue weighted by atomic mass is 10.2. The molecule has 98 valence electrons. The first-order valence-electron chi connectivity index (χ1n) is 5.06. The number of carbonyl (C=O) groups excluding carboxylic acids is 1. The molecule has 0 radical (unpaired) electrons. The van der Waals surface area contributed by atoms with E-state index in [4.69, 9.17) is 34.8 Å². The third kappa shape index (κ3) is 3.60. The molecule has 0 fully saturated rings. The number of anilines is 1. The van der Waals surface area contributed by atoms with Gasteiger partial charge < -0.3 is 5.32 Å². The largest absolute Gasteiger partial charge is 0.321 e. The van der Waals surface area contributed by atoms with Gasteiger partial charge in [-0.2, -0.15) is 0 Å². The van der Waals surface area contributed by atoms with Crippen LogP contribution in [0.1, 0.15) is 10.4 Å². The molecule has 0 spiro atoms. The summed E-state index contributed by atoms with van der Waals surface area (Å²) in [7, 11) is 0. The van der Waals surface area contributed by atoms with Crippen LogP contribution in [0.4, 0.5) is 5.69 Å². The molecule has 2 aromatic rings. The van der Waals surface area contributed by atoms with Crippen LogP contribution in [0.15, 0.2) is 34.8 Å². The van der Waals surface area contributed by atoms with Crippen molar-refractivity contribution in [1.29, 1.82) is 0 Å². The lowest BCUT2D eigenvalue weighted by Crippen LogP contribution is -2.13. The molecule has 0 unspecified atom stereocenters. The fourth-order valence-electron chi connectivity index (χ4n) is 1.36. The molecule has 1 heterocycles. The predicted molar refractivity (Wildman–Crippen MR) is 81.4 cm³/mol. The highest BCUT2D eigenvalue weighted by atomic mass is 79.9. The lowest BCUT2D eigenvalue weighted by Gasteiger charge is -2.08. The Balaban J connectivity index is 2.28. The van der Waals surface area contributed by atoms with Gasteiger partial charge in [0.2, 0.25) is 0 Å². The summed E-state index contributed by atoms with van der Waals surface area (Å²) in [5, 5.41) is 3.47. The Morgan fingerprint density at radius 1 is 1.16 bits per heavy atom. The molecule has 0 aliphatic rings. The third-order valence-corrected chi connectivity index (χ3v) is 3.66. The molecule has 0 aliphatic carbocycles.